The molecule has 1 heterocycles. The molecule has 0 saturated heterocycles. The summed E-state index contributed by atoms with van der Waals surface area (Å²) >= 11 is 8.44. The van der Waals surface area contributed by atoms with Crippen molar-refractivity contribution in [1.29, 1.82) is 0 Å². The molecule has 0 atom stereocenters. The molecule has 2 N–H and O–H groups in total. The van der Waals surface area contributed by atoms with Crippen LogP contribution < -0.4 is 5.73 Å². The summed E-state index contributed by atoms with van der Waals surface area (Å²) in [5, 5.41) is 0. The molecule has 1 aromatic heterocycles. The van der Waals surface area contributed by atoms with E-state index >= 15 is 0 Å². The van der Waals surface area contributed by atoms with Crippen LogP contribution in [0.2, 0.25) is 0 Å². The fourth-order valence-electron chi connectivity index (χ4n) is 1.87. The fraction of sp³-hybridized carbons (Fsp3) is 0.214. The van der Waals surface area contributed by atoms with E-state index in [0.717, 1.165) is 13.1 Å². The van der Waals surface area contributed by atoms with Gasteiger partial charge in [-0.25, -0.2) is 0 Å². The summed E-state index contributed by atoms with van der Waals surface area (Å²) < 4.78 is 1.89. The zero-order valence-corrected chi connectivity index (χ0v) is 14.9. The van der Waals surface area contributed by atoms with Gasteiger partial charge in [-0.05, 0) is 53.2 Å². The highest BCUT2D eigenvalue weighted by molar-refractivity contribution is 9.11. The molecular formula is C14H14Br2N2OS. The number of hydrogen-bond donors (Lipinski definition) is 1. The largest absolute Gasteiger partial charge is 0.399 e. The fourth-order valence-corrected chi connectivity index (χ4v) is 3.88. The van der Waals surface area contributed by atoms with Gasteiger partial charge < -0.3 is 10.6 Å². The van der Waals surface area contributed by atoms with Gasteiger partial charge >= 0.3 is 0 Å². The lowest BCUT2D eigenvalue weighted by Gasteiger charge is -2.20. The van der Waals surface area contributed by atoms with Crippen LogP contribution in [-0.2, 0) is 6.54 Å². The van der Waals surface area contributed by atoms with Crippen LogP contribution in [0.5, 0.6) is 0 Å². The minimum absolute atomic E-state index is 0.00924. The van der Waals surface area contributed by atoms with E-state index in [1.165, 1.54) is 0 Å². The van der Waals surface area contributed by atoms with Gasteiger partial charge in [0.05, 0.1) is 10.3 Å². The highest BCUT2D eigenvalue weighted by Gasteiger charge is 2.16. The lowest BCUT2D eigenvalue weighted by molar-refractivity contribution is 0.0754. The highest BCUT2D eigenvalue weighted by atomic mass is 79.9. The third-order valence-corrected chi connectivity index (χ3v) is 4.88. The number of carbonyl (C=O) groups is 1. The van der Waals surface area contributed by atoms with Crippen LogP contribution >= 0.6 is 43.2 Å². The van der Waals surface area contributed by atoms with E-state index in [4.69, 9.17) is 5.73 Å². The molecule has 0 unspecified atom stereocenters. The number of amides is 1. The highest BCUT2D eigenvalue weighted by Crippen LogP contribution is 2.24. The molecule has 0 aliphatic heterocycles. The number of nitrogens with two attached hydrogens (primary N) is 1. The van der Waals surface area contributed by atoms with E-state index in [1.54, 1.807) is 34.4 Å². The van der Waals surface area contributed by atoms with Crippen LogP contribution in [0, 0.1) is 0 Å². The summed E-state index contributed by atoms with van der Waals surface area (Å²) in [6.45, 7) is 3.24. The van der Waals surface area contributed by atoms with Crippen LogP contribution in [0.1, 0.15) is 22.2 Å². The molecule has 2 rings (SSSR count). The normalized spacial score (nSPS) is 10.6. The molecule has 6 heteroatoms. The van der Waals surface area contributed by atoms with E-state index in [-0.39, 0.29) is 5.91 Å². The minimum Gasteiger partial charge on any atom is -0.399 e. The first-order valence-corrected chi connectivity index (χ1v) is 8.49. The van der Waals surface area contributed by atoms with E-state index in [0.29, 0.717) is 24.3 Å². The summed E-state index contributed by atoms with van der Waals surface area (Å²) in [4.78, 5) is 15.5. The average molecular weight is 418 g/mol. The van der Waals surface area contributed by atoms with Gasteiger partial charge in [-0.15, -0.1) is 11.3 Å². The molecule has 0 radical (unpaired) electrons. The van der Waals surface area contributed by atoms with Gasteiger partial charge in [0.15, 0.2) is 0 Å². The summed E-state index contributed by atoms with van der Waals surface area (Å²) in [5.74, 6) is -0.00924. The third-order valence-electron chi connectivity index (χ3n) is 2.81. The second-order valence-electron chi connectivity index (χ2n) is 4.30. The molecule has 0 bridgehead atoms. The van der Waals surface area contributed by atoms with Crippen molar-refractivity contribution in [2.24, 2.45) is 0 Å². The topological polar surface area (TPSA) is 46.3 Å². The van der Waals surface area contributed by atoms with E-state index in [2.05, 4.69) is 31.9 Å². The van der Waals surface area contributed by atoms with Crippen molar-refractivity contribution in [3.8, 4) is 0 Å². The average Bonchev–Trinajstić information content (AvgIpc) is 2.79. The standard InChI is InChI=1S/C14H14Br2N2OS/c1-2-18(8-12-3-4-13(16)20-12)14(19)9-5-10(15)7-11(17)6-9/h3-7H,2,8,17H2,1H3. The number of nitrogen functional groups attached to an aromatic ring is 1. The molecule has 1 amide bonds. The Hall–Kier alpha value is -0.850. The Morgan fingerprint density at radius 1 is 1.30 bits per heavy atom. The number of rotatable bonds is 4. The summed E-state index contributed by atoms with van der Waals surface area (Å²) in [5.41, 5.74) is 6.98. The van der Waals surface area contributed by atoms with Crippen LogP contribution in [0.25, 0.3) is 0 Å². The predicted octanol–water partition coefficient (Wildman–Crippen LogP) is 4.52. The quantitative estimate of drug-likeness (QED) is 0.743. The Labute approximate surface area is 139 Å². The van der Waals surface area contributed by atoms with E-state index < -0.39 is 0 Å². The van der Waals surface area contributed by atoms with Gasteiger partial charge in [-0.2, -0.15) is 0 Å². The maximum Gasteiger partial charge on any atom is 0.254 e. The molecule has 0 spiro atoms. The molecule has 20 heavy (non-hydrogen) atoms. The zero-order chi connectivity index (χ0) is 14.7. The Kier molecular flexibility index (Phi) is 5.23. The third kappa shape index (κ3) is 3.84. The SMILES string of the molecule is CCN(Cc1ccc(Br)s1)C(=O)c1cc(N)cc(Br)c1. The maximum absolute atomic E-state index is 12.5. The van der Waals surface area contributed by atoms with Crippen molar-refractivity contribution in [3.63, 3.8) is 0 Å². The van der Waals surface area contributed by atoms with Gasteiger partial charge in [0.1, 0.15) is 0 Å². The maximum atomic E-state index is 12.5. The number of benzene rings is 1. The van der Waals surface area contributed by atoms with Crippen molar-refractivity contribution in [2.45, 2.75) is 13.5 Å². The van der Waals surface area contributed by atoms with Crippen LogP contribution in [0.15, 0.2) is 38.6 Å². The molecular weight excluding hydrogens is 404 g/mol. The molecule has 3 nitrogen and oxygen atoms in total. The zero-order valence-electron chi connectivity index (χ0n) is 10.9. The van der Waals surface area contributed by atoms with Crippen molar-refractivity contribution in [3.05, 3.63) is 49.0 Å². The monoisotopic (exact) mass is 416 g/mol. The Morgan fingerprint density at radius 2 is 2.05 bits per heavy atom. The van der Waals surface area contributed by atoms with Gasteiger partial charge in [-0.1, -0.05) is 15.9 Å². The van der Waals surface area contributed by atoms with Gasteiger partial charge in [0.2, 0.25) is 0 Å². The number of thiophene rings is 1. The molecule has 0 fully saturated rings. The smallest absolute Gasteiger partial charge is 0.254 e. The lowest BCUT2D eigenvalue weighted by atomic mass is 10.1. The van der Waals surface area contributed by atoms with Crippen molar-refractivity contribution in [2.75, 3.05) is 12.3 Å². The van der Waals surface area contributed by atoms with Crippen LogP contribution in [0.3, 0.4) is 0 Å². The summed E-state index contributed by atoms with van der Waals surface area (Å²) in [6.07, 6.45) is 0. The molecule has 0 aliphatic rings. The predicted molar refractivity (Wildman–Crippen MR) is 91.0 cm³/mol. The van der Waals surface area contributed by atoms with Gasteiger partial charge in [-0.3, -0.25) is 4.79 Å². The van der Waals surface area contributed by atoms with E-state index in [1.807, 2.05) is 19.1 Å². The number of halogens is 2. The second kappa shape index (κ2) is 6.74. The Bertz CT molecular complexity index is 607. The molecule has 0 aliphatic carbocycles. The van der Waals surface area contributed by atoms with Crippen molar-refractivity contribution in [1.82, 2.24) is 4.90 Å². The number of anilines is 1. The van der Waals surface area contributed by atoms with Gasteiger partial charge in [0.25, 0.3) is 5.91 Å². The molecule has 106 valence electrons. The van der Waals surface area contributed by atoms with E-state index in [9.17, 15) is 4.79 Å². The Morgan fingerprint density at radius 3 is 2.60 bits per heavy atom. The van der Waals surface area contributed by atoms with Crippen molar-refractivity contribution < 1.29 is 4.79 Å². The summed E-state index contributed by atoms with van der Waals surface area (Å²) in [7, 11) is 0. The van der Waals surface area contributed by atoms with Gasteiger partial charge in [0, 0.05) is 27.1 Å². The first-order valence-electron chi connectivity index (χ1n) is 6.09. The number of nitrogens with zero attached hydrogens (tertiary/aromatic N) is 1. The van der Waals surface area contributed by atoms with Crippen molar-refractivity contribution >= 4 is 54.8 Å². The molecule has 0 saturated carbocycles. The molecule has 1 aromatic carbocycles. The summed E-state index contributed by atoms with van der Waals surface area (Å²) in [6, 6.07) is 9.31. The lowest BCUT2D eigenvalue weighted by Crippen LogP contribution is -2.30. The second-order valence-corrected chi connectivity index (χ2v) is 7.76. The molecule has 2 aromatic rings. The Balaban J connectivity index is 2.20. The minimum atomic E-state index is -0.00924. The van der Waals surface area contributed by atoms with Crippen LogP contribution in [0.4, 0.5) is 5.69 Å². The van der Waals surface area contributed by atoms with Crippen LogP contribution in [-0.4, -0.2) is 17.4 Å². The first-order chi connectivity index (χ1) is 9.49. The first kappa shape index (κ1) is 15.5. The number of carbonyl (C=O) groups excluding carboxylic acids is 1. The number of hydrogen-bond acceptors (Lipinski definition) is 3.